The number of nitrogens with one attached hydrogen (secondary N) is 1. The third-order valence-corrected chi connectivity index (χ3v) is 9.11. The molecule has 1 N–H and O–H groups in total. The van der Waals surface area contributed by atoms with Crippen LogP contribution >= 0.6 is 11.6 Å². The first-order valence-electron chi connectivity index (χ1n) is 15.9. The van der Waals surface area contributed by atoms with Crippen molar-refractivity contribution >= 4 is 29.4 Å². The molecule has 2 fully saturated rings. The molecule has 43 heavy (non-hydrogen) atoms. The van der Waals surface area contributed by atoms with Crippen LogP contribution < -0.4 is 5.32 Å². The van der Waals surface area contributed by atoms with Gasteiger partial charge in [0.05, 0.1) is 6.04 Å². The second kappa shape index (κ2) is 16.0. The Labute approximate surface area is 261 Å². The smallest absolute Gasteiger partial charge is 0.239 e. The quantitative estimate of drug-likeness (QED) is 0.229. The van der Waals surface area contributed by atoms with Gasteiger partial charge in [0.2, 0.25) is 5.91 Å². The highest BCUT2D eigenvalue weighted by atomic mass is 35.5. The van der Waals surface area contributed by atoms with Gasteiger partial charge in [0.1, 0.15) is 0 Å². The number of benzene rings is 3. The number of hydrogen-bond donors (Lipinski definition) is 1. The second-order valence-electron chi connectivity index (χ2n) is 11.9. The van der Waals surface area contributed by atoms with E-state index >= 15 is 0 Å². The van der Waals surface area contributed by atoms with Crippen LogP contribution in [0.1, 0.15) is 67.6 Å². The number of ketones is 1. The Morgan fingerprint density at radius 2 is 1.51 bits per heavy atom. The molecule has 2 heterocycles. The van der Waals surface area contributed by atoms with Crippen LogP contribution in [0, 0.1) is 0 Å². The molecule has 0 saturated carbocycles. The van der Waals surface area contributed by atoms with Crippen LogP contribution in [0.3, 0.4) is 0 Å². The van der Waals surface area contributed by atoms with E-state index in [9.17, 15) is 9.59 Å². The summed E-state index contributed by atoms with van der Waals surface area (Å²) in [6.45, 7) is 4.48. The van der Waals surface area contributed by atoms with Crippen molar-refractivity contribution in [2.75, 3.05) is 32.7 Å². The molecule has 0 bridgehead atoms. The molecule has 1 amide bonds. The summed E-state index contributed by atoms with van der Waals surface area (Å²) < 4.78 is 0. The number of hydrogen-bond acceptors (Lipinski definition) is 4. The summed E-state index contributed by atoms with van der Waals surface area (Å²) in [5.41, 5.74) is 3.40. The molecule has 5 nitrogen and oxygen atoms in total. The third kappa shape index (κ3) is 9.37. The Morgan fingerprint density at radius 1 is 0.860 bits per heavy atom. The lowest BCUT2D eigenvalue weighted by molar-refractivity contribution is -0.133. The second-order valence-corrected chi connectivity index (χ2v) is 12.4. The van der Waals surface area contributed by atoms with Gasteiger partial charge in [-0.2, -0.15) is 0 Å². The van der Waals surface area contributed by atoms with E-state index in [4.69, 9.17) is 11.6 Å². The summed E-state index contributed by atoms with van der Waals surface area (Å²) in [4.78, 5) is 31.5. The number of piperidine rings is 1. The van der Waals surface area contributed by atoms with Crippen LogP contribution in [0.25, 0.3) is 6.08 Å². The normalized spacial score (nSPS) is 20.0. The summed E-state index contributed by atoms with van der Waals surface area (Å²) in [5.74, 6) is 0.387. The van der Waals surface area contributed by atoms with Gasteiger partial charge in [-0.05, 0) is 80.1 Å². The molecule has 6 heteroatoms. The van der Waals surface area contributed by atoms with Crippen molar-refractivity contribution in [2.24, 2.45) is 0 Å². The summed E-state index contributed by atoms with van der Waals surface area (Å²) in [5, 5.41) is 4.40. The summed E-state index contributed by atoms with van der Waals surface area (Å²) in [7, 11) is 0. The molecule has 226 valence electrons. The number of halogens is 1. The van der Waals surface area contributed by atoms with Crippen LogP contribution in [0.15, 0.2) is 91.0 Å². The first kappa shape index (κ1) is 31.2. The lowest BCUT2D eigenvalue weighted by Crippen LogP contribution is -2.48. The first-order chi connectivity index (χ1) is 21.0. The Bertz CT molecular complexity index is 1280. The van der Waals surface area contributed by atoms with Crippen molar-refractivity contribution in [1.82, 2.24) is 15.1 Å². The zero-order valence-corrected chi connectivity index (χ0v) is 25.8. The predicted octanol–water partition coefficient (Wildman–Crippen LogP) is 6.97. The highest BCUT2D eigenvalue weighted by molar-refractivity contribution is 6.30. The minimum Gasteiger partial charge on any atom is -0.340 e. The fourth-order valence-electron chi connectivity index (χ4n) is 6.35. The highest BCUT2D eigenvalue weighted by Crippen LogP contribution is 2.27. The molecule has 2 saturated heterocycles. The Hall–Kier alpha value is -3.25. The number of carbonyl (C=O) groups is 2. The van der Waals surface area contributed by atoms with Gasteiger partial charge in [0.15, 0.2) is 5.78 Å². The number of carbonyl (C=O) groups excluding carboxylic acids is 2. The van der Waals surface area contributed by atoms with Gasteiger partial charge in [-0.25, -0.2) is 0 Å². The molecule has 2 atom stereocenters. The molecule has 0 aliphatic carbocycles. The van der Waals surface area contributed by atoms with E-state index in [1.165, 1.54) is 30.4 Å². The van der Waals surface area contributed by atoms with Crippen molar-refractivity contribution in [1.29, 1.82) is 0 Å². The zero-order chi connectivity index (χ0) is 29.9. The average Bonchev–Trinajstić information content (AvgIpc) is 3.20. The molecule has 0 unspecified atom stereocenters. The molecular formula is C37H44ClN3O2. The largest absolute Gasteiger partial charge is 0.340 e. The first-order valence-corrected chi connectivity index (χ1v) is 16.3. The fraction of sp³-hybridized carbons (Fsp3) is 0.405. The van der Waals surface area contributed by atoms with Gasteiger partial charge in [-0.1, -0.05) is 96.9 Å². The number of amides is 1. The minimum atomic E-state index is -0.249. The van der Waals surface area contributed by atoms with Gasteiger partial charge < -0.3 is 15.1 Å². The predicted molar refractivity (Wildman–Crippen MR) is 176 cm³/mol. The summed E-state index contributed by atoms with van der Waals surface area (Å²) in [6.07, 6.45) is 10.1. The van der Waals surface area contributed by atoms with E-state index in [0.717, 1.165) is 38.0 Å². The van der Waals surface area contributed by atoms with Crippen LogP contribution in [-0.2, 0) is 9.59 Å². The molecule has 5 rings (SSSR count). The summed E-state index contributed by atoms with van der Waals surface area (Å²) >= 11 is 5.98. The fourth-order valence-corrected chi connectivity index (χ4v) is 6.48. The highest BCUT2D eigenvalue weighted by Gasteiger charge is 2.33. The number of nitrogens with zero attached hydrogens (tertiary/aromatic N) is 2. The molecule has 3 aromatic carbocycles. The maximum atomic E-state index is 14.1. The van der Waals surface area contributed by atoms with Gasteiger partial charge in [0, 0.05) is 43.0 Å². The van der Waals surface area contributed by atoms with E-state index in [-0.39, 0.29) is 29.7 Å². The summed E-state index contributed by atoms with van der Waals surface area (Å²) in [6, 6.07) is 28.4. The SMILES string of the molecule is O=C(/C=C/c1ccc(Cl)cc1)CC[C@@H]1CCN(CC(c2ccccc2)c2ccccc2)C(=O)[C@H](CCN2CCCCC2)N1. The lowest BCUT2D eigenvalue weighted by Gasteiger charge is -2.31. The van der Waals surface area contributed by atoms with Crippen LogP contribution in [0.4, 0.5) is 0 Å². The van der Waals surface area contributed by atoms with Crippen LogP contribution in [0.2, 0.25) is 5.02 Å². The van der Waals surface area contributed by atoms with Crippen LogP contribution in [0.5, 0.6) is 0 Å². The maximum Gasteiger partial charge on any atom is 0.239 e. The van der Waals surface area contributed by atoms with Crippen molar-refractivity contribution in [2.45, 2.75) is 62.9 Å². The monoisotopic (exact) mass is 597 g/mol. The lowest BCUT2D eigenvalue weighted by atomic mass is 9.90. The Balaban J connectivity index is 1.28. The van der Waals surface area contributed by atoms with E-state index in [1.807, 2.05) is 42.5 Å². The van der Waals surface area contributed by atoms with Crippen molar-refractivity contribution < 1.29 is 9.59 Å². The number of allylic oxidation sites excluding steroid dienone is 1. The number of likely N-dealkylation sites (tertiary alicyclic amines) is 1. The van der Waals surface area contributed by atoms with E-state index in [1.54, 1.807) is 6.08 Å². The zero-order valence-electron chi connectivity index (χ0n) is 25.0. The molecule has 2 aliphatic rings. The van der Waals surface area contributed by atoms with E-state index < -0.39 is 0 Å². The van der Waals surface area contributed by atoms with Gasteiger partial charge in [0.25, 0.3) is 0 Å². The minimum absolute atomic E-state index is 0.0993. The Kier molecular flexibility index (Phi) is 11.6. The molecule has 2 aliphatic heterocycles. The van der Waals surface area contributed by atoms with Crippen molar-refractivity contribution in [3.63, 3.8) is 0 Å². The Morgan fingerprint density at radius 3 is 2.16 bits per heavy atom. The van der Waals surface area contributed by atoms with Gasteiger partial charge >= 0.3 is 0 Å². The topological polar surface area (TPSA) is 52.7 Å². The number of rotatable bonds is 12. The molecule has 3 aromatic rings. The molecule has 0 spiro atoms. The van der Waals surface area contributed by atoms with E-state index in [0.29, 0.717) is 31.0 Å². The van der Waals surface area contributed by atoms with E-state index in [2.05, 4.69) is 63.6 Å². The average molecular weight is 598 g/mol. The van der Waals surface area contributed by atoms with Gasteiger partial charge in [-0.3, -0.25) is 9.59 Å². The maximum absolute atomic E-state index is 14.1. The molecule has 0 aromatic heterocycles. The van der Waals surface area contributed by atoms with Crippen molar-refractivity contribution in [3.05, 3.63) is 113 Å². The third-order valence-electron chi connectivity index (χ3n) is 8.85. The van der Waals surface area contributed by atoms with Gasteiger partial charge in [-0.15, -0.1) is 0 Å². The standard InChI is InChI=1S/C37H44ClN3O2/c38-32-17-14-29(15-18-32)16-20-34(42)21-19-33-22-27-41(37(43)36(39-33)23-26-40-24-8-3-9-25-40)28-35(30-10-4-1-5-11-30)31-12-6-2-7-13-31/h1-2,4-7,10-18,20,33,35-36,39H,3,8-9,19,21-28H2/b20-16+/t33-,36+/m1/s1. The molecule has 0 radical (unpaired) electrons. The molecular weight excluding hydrogens is 554 g/mol. The van der Waals surface area contributed by atoms with Crippen LogP contribution in [-0.4, -0.2) is 66.3 Å². The van der Waals surface area contributed by atoms with Crippen molar-refractivity contribution in [3.8, 4) is 0 Å².